The van der Waals surface area contributed by atoms with Gasteiger partial charge in [0.25, 0.3) is 0 Å². The zero-order valence-corrected chi connectivity index (χ0v) is 11.7. The smallest absolute Gasteiger partial charge is 0.123 e. The van der Waals surface area contributed by atoms with Crippen molar-refractivity contribution in [3.05, 3.63) is 35.6 Å². The van der Waals surface area contributed by atoms with Crippen LogP contribution in [0.15, 0.2) is 24.3 Å². The van der Waals surface area contributed by atoms with E-state index < -0.39 is 0 Å². The lowest BCUT2D eigenvalue weighted by molar-refractivity contribution is 0.179. The van der Waals surface area contributed by atoms with Crippen LogP contribution in [0.4, 0.5) is 4.39 Å². The zero-order valence-electron chi connectivity index (χ0n) is 11.7. The number of rotatable bonds is 7. The third-order valence-corrected chi connectivity index (χ3v) is 3.36. The molecule has 18 heavy (non-hydrogen) atoms. The maximum atomic E-state index is 12.8. The van der Waals surface area contributed by atoms with Crippen molar-refractivity contribution in [1.29, 1.82) is 0 Å². The molecule has 2 nitrogen and oxygen atoms in total. The van der Waals surface area contributed by atoms with Crippen LogP contribution in [0.2, 0.25) is 0 Å². The molecule has 0 amide bonds. The van der Waals surface area contributed by atoms with E-state index in [1.54, 1.807) is 0 Å². The van der Waals surface area contributed by atoms with E-state index in [0.29, 0.717) is 6.54 Å². The fourth-order valence-electron chi connectivity index (χ4n) is 2.46. The van der Waals surface area contributed by atoms with Crippen molar-refractivity contribution >= 4 is 0 Å². The van der Waals surface area contributed by atoms with Gasteiger partial charge in [0.15, 0.2) is 0 Å². The van der Waals surface area contributed by atoms with E-state index in [1.807, 2.05) is 12.1 Å². The average Bonchev–Trinajstić information content (AvgIpc) is 2.32. The highest BCUT2D eigenvalue weighted by atomic mass is 19.1. The molecule has 1 aromatic carbocycles. The Hall–Kier alpha value is -0.930. The molecule has 0 radical (unpaired) electrons. The second-order valence-electron chi connectivity index (χ2n) is 5.56. The molecule has 0 aliphatic heterocycles. The van der Waals surface area contributed by atoms with Gasteiger partial charge in [-0.2, -0.15) is 0 Å². The number of nitrogens with zero attached hydrogens (tertiary/aromatic N) is 1. The van der Waals surface area contributed by atoms with Gasteiger partial charge in [0.05, 0.1) is 0 Å². The molecule has 0 aliphatic rings. The Balaban J connectivity index is 2.54. The Labute approximate surface area is 110 Å². The number of halogens is 1. The van der Waals surface area contributed by atoms with Gasteiger partial charge in [0, 0.05) is 13.1 Å². The third kappa shape index (κ3) is 4.75. The lowest BCUT2D eigenvalue weighted by Crippen LogP contribution is -2.38. The predicted octanol–water partition coefficient (Wildman–Crippen LogP) is 3.02. The van der Waals surface area contributed by atoms with Gasteiger partial charge in [0.1, 0.15) is 5.82 Å². The number of hydrogen-bond acceptors (Lipinski definition) is 2. The van der Waals surface area contributed by atoms with Crippen LogP contribution in [0.5, 0.6) is 0 Å². The molecule has 0 spiro atoms. The van der Waals surface area contributed by atoms with Gasteiger partial charge in [-0.1, -0.05) is 32.4 Å². The molecule has 1 unspecified atom stereocenters. The second-order valence-corrected chi connectivity index (χ2v) is 5.56. The van der Waals surface area contributed by atoms with Gasteiger partial charge in [-0.15, -0.1) is 0 Å². The van der Waals surface area contributed by atoms with Crippen LogP contribution in [-0.2, 0) is 6.54 Å². The average molecular weight is 252 g/mol. The fourth-order valence-corrected chi connectivity index (χ4v) is 2.46. The van der Waals surface area contributed by atoms with Crippen LogP contribution in [0.1, 0.15) is 32.3 Å². The van der Waals surface area contributed by atoms with Gasteiger partial charge < -0.3 is 10.6 Å². The minimum Gasteiger partial charge on any atom is -0.330 e. The molecular formula is C15H25FN2. The predicted molar refractivity (Wildman–Crippen MR) is 74.8 cm³/mol. The summed E-state index contributed by atoms with van der Waals surface area (Å²) in [5, 5.41) is 0. The molecule has 0 heterocycles. The van der Waals surface area contributed by atoms with E-state index in [4.69, 9.17) is 5.73 Å². The van der Waals surface area contributed by atoms with E-state index in [0.717, 1.165) is 31.5 Å². The summed E-state index contributed by atoms with van der Waals surface area (Å²) in [6.45, 7) is 6.93. The molecule has 2 N–H and O–H groups in total. The first-order chi connectivity index (χ1) is 8.49. The monoisotopic (exact) mass is 252 g/mol. The van der Waals surface area contributed by atoms with Crippen molar-refractivity contribution < 1.29 is 4.39 Å². The molecule has 1 aromatic rings. The molecular weight excluding hydrogens is 227 g/mol. The molecule has 0 fully saturated rings. The zero-order chi connectivity index (χ0) is 13.6. The van der Waals surface area contributed by atoms with Gasteiger partial charge in [-0.25, -0.2) is 4.39 Å². The minimum absolute atomic E-state index is 0.170. The van der Waals surface area contributed by atoms with Crippen molar-refractivity contribution in [1.82, 2.24) is 4.90 Å². The van der Waals surface area contributed by atoms with Crippen LogP contribution in [0.25, 0.3) is 0 Å². The summed E-state index contributed by atoms with van der Waals surface area (Å²) >= 11 is 0. The van der Waals surface area contributed by atoms with Crippen molar-refractivity contribution in [3.63, 3.8) is 0 Å². The number of benzene rings is 1. The maximum absolute atomic E-state index is 12.8. The Morgan fingerprint density at radius 3 is 2.39 bits per heavy atom. The topological polar surface area (TPSA) is 29.3 Å². The van der Waals surface area contributed by atoms with Crippen LogP contribution in [-0.4, -0.2) is 25.0 Å². The first-order valence-electron chi connectivity index (χ1n) is 6.62. The molecule has 3 heteroatoms. The van der Waals surface area contributed by atoms with Crippen LogP contribution >= 0.6 is 0 Å². The fraction of sp³-hybridized carbons (Fsp3) is 0.600. The molecule has 0 bridgehead atoms. The highest BCUT2D eigenvalue weighted by Gasteiger charge is 2.23. The van der Waals surface area contributed by atoms with Crippen LogP contribution in [0, 0.1) is 11.2 Å². The van der Waals surface area contributed by atoms with Crippen LogP contribution < -0.4 is 5.73 Å². The highest BCUT2D eigenvalue weighted by molar-refractivity contribution is 5.15. The Morgan fingerprint density at radius 2 is 1.89 bits per heavy atom. The Kier molecular flexibility index (Phi) is 5.76. The molecule has 0 saturated carbocycles. The van der Waals surface area contributed by atoms with E-state index in [-0.39, 0.29) is 11.2 Å². The standard InChI is InChI=1S/C15H25FN2/c1-4-9-15(2,11-17)12-18(3)10-13-5-7-14(16)8-6-13/h5-8H,4,9-12,17H2,1-3H3. The van der Waals surface area contributed by atoms with Crippen molar-refractivity contribution in [2.24, 2.45) is 11.1 Å². The van der Waals surface area contributed by atoms with E-state index in [9.17, 15) is 4.39 Å². The van der Waals surface area contributed by atoms with Gasteiger partial charge in [-0.05, 0) is 43.1 Å². The molecule has 0 aliphatic carbocycles. The first kappa shape index (κ1) is 15.1. The van der Waals surface area contributed by atoms with E-state index in [1.165, 1.54) is 12.1 Å². The summed E-state index contributed by atoms with van der Waals surface area (Å²) < 4.78 is 12.8. The normalized spacial score (nSPS) is 14.8. The first-order valence-corrected chi connectivity index (χ1v) is 6.62. The maximum Gasteiger partial charge on any atom is 0.123 e. The summed E-state index contributed by atoms with van der Waals surface area (Å²) in [6, 6.07) is 6.70. The largest absolute Gasteiger partial charge is 0.330 e. The van der Waals surface area contributed by atoms with Crippen molar-refractivity contribution in [2.45, 2.75) is 33.2 Å². The highest BCUT2D eigenvalue weighted by Crippen LogP contribution is 2.23. The van der Waals surface area contributed by atoms with E-state index >= 15 is 0 Å². The second kappa shape index (κ2) is 6.86. The van der Waals surface area contributed by atoms with Gasteiger partial charge in [-0.3, -0.25) is 0 Å². The summed E-state index contributed by atoms with van der Waals surface area (Å²) in [6.07, 6.45) is 2.29. The summed E-state index contributed by atoms with van der Waals surface area (Å²) in [5.41, 5.74) is 7.18. The van der Waals surface area contributed by atoms with Gasteiger partial charge in [0.2, 0.25) is 0 Å². The molecule has 0 aromatic heterocycles. The lowest BCUT2D eigenvalue weighted by atomic mass is 9.85. The summed E-state index contributed by atoms with van der Waals surface area (Å²) in [5.74, 6) is -0.181. The Bertz CT molecular complexity index is 350. The number of nitrogens with two attached hydrogens (primary N) is 1. The summed E-state index contributed by atoms with van der Waals surface area (Å²) in [7, 11) is 2.09. The van der Waals surface area contributed by atoms with Crippen molar-refractivity contribution in [2.75, 3.05) is 20.1 Å². The van der Waals surface area contributed by atoms with Crippen molar-refractivity contribution in [3.8, 4) is 0 Å². The third-order valence-electron chi connectivity index (χ3n) is 3.36. The van der Waals surface area contributed by atoms with Crippen LogP contribution in [0.3, 0.4) is 0 Å². The number of hydrogen-bond donors (Lipinski definition) is 1. The summed E-state index contributed by atoms with van der Waals surface area (Å²) in [4.78, 5) is 2.26. The molecule has 1 atom stereocenters. The minimum atomic E-state index is -0.181. The Morgan fingerprint density at radius 1 is 1.28 bits per heavy atom. The van der Waals surface area contributed by atoms with E-state index in [2.05, 4.69) is 25.8 Å². The van der Waals surface area contributed by atoms with Gasteiger partial charge >= 0.3 is 0 Å². The molecule has 0 saturated heterocycles. The molecule has 102 valence electrons. The quantitative estimate of drug-likeness (QED) is 0.808. The SMILES string of the molecule is CCCC(C)(CN)CN(C)Cc1ccc(F)cc1. The molecule has 1 rings (SSSR count). The lowest BCUT2D eigenvalue weighted by Gasteiger charge is -2.32.